The number of amides is 1. The Kier molecular flexibility index (Phi) is 3.68. The van der Waals surface area contributed by atoms with Gasteiger partial charge in [-0.3, -0.25) is 9.59 Å². The Hall–Kier alpha value is -1.32. The van der Waals surface area contributed by atoms with Gasteiger partial charge in [-0.25, -0.2) is 0 Å². The van der Waals surface area contributed by atoms with Gasteiger partial charge in [0, 0.05) is 19.0 Å². The summed E-state index contributed by atoms with van der Waals surface area (Å²) < 4.78 is 0. The van der Waals surface area contributed by atoms with Crippen LogP contribution >= 0.6 is 0 Å². The molecule has 1 atom stereocenters. The Morgan fingerprint density at radius 1 is 1.57 bits per heavy atom. The van der Waals surface area contributed by atoms with E-state index in [1.807, 2.05) is 0 Å². The summed E-state index contributed by atoms with van der Waals surface area (Å²) in [5.74, 6) is -0.850. The molecule has 1 aliphatic rings. The van der Waals surface area contributed by atoms with E-state index in [1.165, 1.54) is 0 Å². The third-order valence-electron chi connectivity index (χ3n) is 2.43. The fourth-order valence-corrected chi connectivity index (χ4v) is 1.82. The molecule has 0 aromatic carbocycles. The first-order valence-electron chi connectivity index (χ1n) is 4.77. The summed E-state index contributed by atoms with van der Waals surface area (Å²) in [5, 5.41) is 8.65. The van der Waals surface area contributed by atoms with Crippen molar-refractivity contribution in [1.82, 2.24) is 4.90 Å². The fraction of sp³-hybridized carbons (Fsp3) is 0.600. The van der Waals surface area contributed by atoms with Crippen molar-refractivity contribution < 1.29 is 14.7 Å². The molecular weight excluding hydrogens is 182 g/mol. The van der Waals surface area contributed by atoms with Gasteiger partial charge >= 0.3 is 5.97 Å². The molecule has 1 N–H and O–H groups in total. The van der Waals surface area contributed by atoms with Crippen LogP contribution in [-0.4, -0.2) is 34.5 Å². The van der Waals surface area contributed by atoms with Gasteiger partial charge in [-0.05, 0) is 12.8 Å². The molecule has 14 heavy (non-hydrogen) atoms. The lowest BCUT2D eigenvalue weighted by molar-refractivity contribution is -0.139. The van der Waals surface area contributed by atoms with Gasteiger partial charge in [-0.2, -0.15) is 0 Å². The molecular formula is C10H15NO3. The number of hydrogen-bond acceptors (Lipinski definition) is 2. The van der Waals surface area contributed by atoms with Crippen LogP contribution in [0.2, 0.25) is 0 Å². The van der Waals surface area contributed by atoms with Crippen molar-refractivity contribution in [2.24, 2.45) is 0 Å². The Balaban J connectivity index is 2.54. The Morgan fingerprint density at radius 2 is 2.29 bits per heavy atom. The molecule has 0 aromatic heterocycles. The molecule has 1 unspecified atom stereocenters. The predicted octanol–water partition coefficient (Wildman–Crippen LogP) is 1.03. The van der Waals surface area contributed by atoms with Crippen molar-refractivity contribution in [3.8, 4) is 0 Å². The lowest BCUT2D eigenvalue weighted by atomic mass is 10.1. The van der Waals surface area contributed by atoms with Crippen LogP contribution in [0.25, 0.3) is 0 Å². The number of hydrogen-bond donors (Lipinski definition) is 1. The van der Waals surface area contributed by atoms with E-state index in [-0.39, 0.29) is 18.4 Å². The van der Waals surface area contributed by atoms with Gasteiger partial charge in [-0.15, -0.1) is 6.58 Å². The normalized spacial score (nSPS) is 20.9. The van der Waals surface area contributed by atoms with Crippen LogP contribution in [-0.2, 0) is 9.59 Å². The molecule has 0 bridgehead atoms. The van der Waals surface area contributed by atoms with E-state index in [9.17, 15) is 9.59 Å². The first kappa shape index (κ1) is 10.8. The highest BCUT2D eigenvalue weighted by molar-refractivity contribution is 5.79. The number of rotatable bonds is 4. The zero-order valence-electron chi connectivity index (χ0n) is 8.11. The largest absolute Gasteiger partial charge is 0.481 e. The highest BCUT2D eigenvalue weighted by atomic mass is 16.4. The van der Waals surface area contributed by atoms with Crippen molar-refractivity contribution >= 4 is 11.9 Å². The van der Waals surface area contributed by atoms with Gasteiger partial charge in [0.15, 0.2) is 0 Å². The van der Waals surface area contributed by atoms with E-state index in [2.05, 4.69) is 6.58 Å². The second-order valence-corrected chi connectivity index (χ2v) is 3.47. The number of carbonyl (C=O) groups is 2. The number of likely N-dealkylation sites (tertiary alicyclic amines) is 1. The van der Waals surface area contributed by atoms with Crippen molar-refractivity contribution in [1.29, 1.82) is 0 Å². The lowest BCUT2D eigenvalue weighted by Gasteiger charge is -2.22. The van der Waals surface area contributed by atoms with E-state index in [0.717, 1.165) is 12.8 Å². The lowest BCUT2D eigenvalue weighted by Crippen LogP contribution is -2.36. The molecule has 1 rings (SSSR count). The highest BCUT2D eigenvalue weighted by Gasteiger charge is 2.29. The number of carbonyl (C=O) groups excluding carboxylic acids is 1. The van der Waals surface area contributed by atoms with Gasteiger partial charge in [-0.1, -0.05) is 6.08 Å². The molecule has 1 fully saturated rings. The summed E-state index contributed by atoms with van der Waals surface area (Å²) in [4.78, 5) is 23.7. The Labute approximate surface area is 83.2 Å². The van der Waals surface area contributed by atoms with Gasteiger partial charge in [0.2, 0.25) is 5.91 Å². The molecule has 1 amide bonds. The highest BCUT2D eigenvalue weighted by Crippen LogP contribution is 2.20. The van der Waals surface area contributed by atoms with E-state index in [0.29, 0.717) is 13.0 Å². The minimum absolute atomic E-state index is 0.0104. The van der Waals surface area contributed by atoms with E-state index in [1.54, 1.807) is 11.0 Å². The fourth-order valence-electron chi connectivity index (χ4n) is 1.82. The van der Waals surface area contributed by atoms with Gasteiger partial charge in [0.1, 0.15) is 0 Å². The van der Waals surface area contributed by atoms with E-state index >= 15 is 0 Å². The quantitative estimate of drug-likeness (QED) is 0.685. The maximum Gasteiger partial charge on any atom is 0.305 e. The van der Waals surface area contributed by atoms with Crippen LogP contribution in [0, 0.1) is 0 Å². The number of nitrogens with zero attached hydrogens (tertiary/aromatic N) is 1. The summed E-state index contributed by atoms with van der Waals surface area (Å²) in [5.41, 5.74) is 0. The molecule has 0 saturated carbocycles. The van der Waals surface area contributed by atoms with E-state index in [4.69, 9.17) is 5.11 Å². The van der Waals surface area contributed by atoms with Crippen LogP contribution in [0.5, 0.6) is 0 Å². The molecule has 1 saturated heterocycles. The molecule has 0 aromatic rings. The average Bonchev–Trinajstić information content (AvgIpc) is 2.51. The van der Waals surface area contributed by atoms with Gasteiger partial charge in [0.05, 0.1) is 6.42 Å². The molecule has 4 nitrogen and oxygen atoms in total. The van der Waals surface area contributed by atoms with Crippen LogP contribution in [0.15, 0.2) is 12.7 Å². The molecule has 0 aliphatic carbocycles. The van der Waals surface area contributed by atoms with E-state index < -0.39 is 5.97 Å². The van der Waals surface area contributed by atoms with Crippen molar-refractivity contribution in [3.05, 3.63) is 12.7 Å². The predicted molar refractivity (Wildman–Crippen MR) is 51.8 cm³/mol. The summed E-state index contributed by atoms with van der Waals surface area (Å²) >= 11 is 0. The van der Waals surface area contributed by atoms with Crippen molar-refractivity contribution in [2.75, 3.05) is 6.54 Å². The molecule has 78 valence electrons. The molecule has 0 radical (unpaired) electrons. The number of carboxylic acid groups (broad SMARTS) is 1. The maximum absolute atomic E-state index is 11.5. The minimum atomic E-state index is -0.840. The molecule has 1 heterocycles. The first-order chi connectivity index (χ1) is 6.65. The topological polar surface area (TPSA) is 57.6 Å². The second kappa shape index (κ2) is 4.79. The smallest absolute Gasteiger partial charge is 0.305 e. The first-order valence-corrected chi connectivity index (χ1v) is 4.77. The van der Waals surface area contributed by atoms with Gasteiger partial charge < -0.3 is 10.0 Å². The number of carboxylic acids is 1. The standard InChI is InChI=1S/C10H15NO3/c1-2-4-9(12)11-6-3-5-8(11)7-10(13)14/h2,8H,1,3-7H2,(H,13,14). The van der Waals surface area contributed by atoms with Crippen LogP contribution in [0.1, 0.15) is 25.7 Å². The zero-order valence-corrected chi connectivity index (χ0v) is 8.11. The Morgan fingerprint density at radius 3 is 2.86 bits per heavy atom. The van der Waals surface area contributed by atoms with Crippen molar-refractivity contribution in [2.45, 2.75) is 31.7 Å². The number of aliphatic carboxylic acids is 1. The third-order valence-corrected chi connectivity index (χ3v) is 2.43. The molecule has 0 spiro atoms. The van der Waals surface area contributed by atoms with Crippen LogP contribution < -0.4 is 0 Å². The summed E-state index contributed by atoms with van der Waals surface area (Å²) in [6.45, 7) is 4.18. The third kappa shape index (κ3) is 2.58. The summed E-state index contributed by atoms with van der Waals surface area (Å²) in [7, 11) is 0. The molecule has 4 heteroatoms. The van der Waals surface area contributed by atoms with Crippen LogP contribution in [0.3, 0.4) is 0 Å². The van der Waals surface area contributed by atoms with Crippen molar-refractivity contribution in [3.63, 3.8) is 0 Å². The zero-order chi connectivity index (χ0) is 10.6. The monoisotopic (exact) mass is 197 g/mol. The molecule has 1 aliphatic heterocycles. The summed E-state index contributed by atoms with van der Waals surface area (Å²) in [6.07, 6.45) is 3.62. The summed E-state index contributed by atoms with van der Waals surface area (Å²) in [6, 6.07) is -0.111. The second-order valence-electron chi connectivity index (χ2n) is 3.47. The Bertz CT molecular complexity index is 250. The maximum atomic E-state index is 11.5. The van der Waals surface area contributed by atoms with Gasteiger partial charge in [0.25, 0.3) is 0 Å². The van der Waals surface area contributed by atoms with Crippen LogP contribution in [0.4, 0.5) is 0 Å². The average molecular weight is 197 g/mol. The minimum Gasteiger partial charge on any atom is -0.481 e. The SMILES string of the molecule is C=CCC(=O)N1CCCC1CC(=O)O.